The Balaban J connectivity index is 0.938. The second-order valence-electron chi connectivity index (χ2n) is 12.7. The first kappa shape index (κ1) is 33.4. The summed E-state index contributed by atoms with van der Waals surface area (Å²) in [7, 11) is 0. The van der Waals surface area contributed by atoms with Crippen LogP contribution in [0.1, 0.15) is 26.6 Å². The molecule has 5 heterocycles. The third kappa shape index (κ3) is 6.72. The second-order valence-corrected chi connectivity index (χ2v) is 14.6. The van der Waals surface area contributed by atoms with Crippen molar-refractivity contribution in [3.63, 3.8) is 0 Å². The Kier molecular flexibility index (Phi) is 9.24. The summed E-state index contributed by atoms with van der Waals surface area (Å²) in [4.78, 5) is 24.5. The summed E-state index contributed by atoms with van der Waals surface area (Å²) in [6, 6.07) is 30.1. The highest BCUT2D eigenvalue weighted by atomic mass is 35.5. The van der Waals surface area contributed by atoms with Crippen molar-refractivity contribution in [3.05, 3.63) is 123 Å². The number of anilines is 1. The summed E-state index contributed by atoms with van der Waals surface area (Å²) in [5, 5.41) is 11.8. The number of piperazine rings is 1. The van der Waals surface area contributed by atoms with Crippen molar-refractivity contribution in [2.24, 2.45) is 0 Å². The van der Waals surface area contributed by atoms with Crippen LogP contribution in [0.4, 0.5) is 5.82 Å². The molecule has 0 radical (unpaired) electrons. The van der Waals surface area contributed by atoms with Gasteiger partial charge in [0.05, 0.1) is 23.6 Å². The predicted molar refractivity (Wildman–Crippen MR) is 205 cm³/mol. The van der Waals surface area contributed by atoms with Crippen LogP contribution in [0.25, 0.3) is 38.2 Å². The number of rotatable bonds is 9. The molecule has 0 spiro atoms. The minimum Gasteiger partial charge on any atom is -0.460 e. The number of carbonyl (C=O) groups is 1. The van der Waals surface area contributed by atoms with Gasteiger partial charge in [-0.25, -0.2) is 14.5 Å². The first-order valence-electron chi connectivity index (χ1n) is 16.9. The lowest BCUT2D eigenvalue weighted by Gasteiger charge is -2.36. The highest BCUT2D eigenvalue weighted by Crippen LogP contribution is 2.34. The molecule has 1 fully saturated rings. The number of esters is 1. The average Bonchev–Trinajstić information content (AvgIpc) is 3.82. The van der Waals surface area contributed by atoms with Gasteiger partial charge in [0.15, 0.2) is 5.65 Å². The zero-order chi connectivity index (χ0) is 35.1. The van der Waals surface area contributed by atoms with Crippen molar-refractivity contribution >= 4 is 62.2 Å². The van der Waals surface area contributed by atoms with E-state index in [9.17, 15) is 4.79 Å². The Bertz CT molecular complexity index is 2360. The zero-order valence-electron chi connectivity index (χ0n) is 28.2. The van der Waals surface area contributed by atoms with Crippen LogP contribution in [0.3, 0.4) is 0 Å². The van der Waals surface area contributed by atoms with E-state index in [0.717, 1.165) is 87.2 Å². The van der Waals surface area contributed by atoms with Gasteiger partial charge in [0.1, 0.15) is 22.1 Å². The van der Waals surface area contributed by atoms with Crippen LogP contribution < -0.4 is 4.90 Å². The highest BCUT2D eigenvalue weighted by molar-refractivity contribution is 7.20. The van der Waals surface area contributed by atoms with Gasteiger partial charge in [-0.2, -0.15) is 14.7 Å². The molecule has 51 heavy (non-hydrogen) atoms. The Hall–Kier alpha value is -4.74. The summed E-state index contributed by atoms with van der Waals surface area (Å²) in [5.41, 5.74) is 7.69. The second kappa shape index (κ2) is 14.1. The number of nitrogens with zero attached hydrogens (tertiary/aromatic N) is 7. The summed E-state index contributed by atoms with van der Waals surface area (Å²) < 4.78 is 9.66. The summed E-state index contributed by atoms with van der Waals surface area (Å²) in [6.07, 6.45) is 0. The van der Waals surface area contributed by atoms with E-state index in [0.29, 0.717) is 34.6 Å². The van der Waals surface area contributed by atoms with Gasteiger partial charge in [0, 0.05) is 65.3 Å². The van der Waals surface area contributed by atoms with Crippen LogP contribution in [0.15, 0.2) is 91.0 Å². The van der Waals surface area contributed by atoms with Gasteiger partial charge in [-0.05, 0) is 43.2 Å². The topological polar surface area (TPSA) is 80.8 Å². The van der Waals surface area contributed by atoms with Crippen molar-refractivity contribution in [1.82, 2.24) is 29.3 Å². The SMILES string of the molecule is Cc1nn2c(N3CCN(CCOC(=O)c4cc5c(C)nn(Cc6ccc(Cl)cc6Cl)c5s4)CC3)cc(-c3ccccc3)nc2c1-c1ccccc1. The van der Waals surface area contributed by atoms with E-state index in [1.54, 1.807) is 6.07 Å². The van der Waals surface area contributed by atoms with Crippen LogP contribution >= 0.6 is 34.5 Å². The van der Waals surface area contributed by atoms with E-state index in [-0.39, 0.29) is 5.97 Å². The molecule has 0 N–H and O–H groups in total. The van der Waals surface area contributed by atoms with Gasteiger partial charge in [-0.15, -0.1) is 11.3 Å². The maximum Gasteiger partial charge on any atom is 0.348 e. The number of ether oxygens (including phenoxy) is 1. The maximum atomic E-state index is 13.1. The molecule has 12 heteroatoms. The van der Waals surface area contributed by atoms with E-state index >= 15 is 0 Å². The fraction of sp³-hybridized carbons (Fsp3) is 0.231. The first-order valence-corrected chi connectivity index (χ1v) is 18.5. The van der Waals surface area contributed by atoms with Crippen molar-refractivity contribution in [3.8, 4) is 22.4 Å². The number of aryl methyl sites for hydroxylation is 2. The molecule has 8 rings (SSSR count). The molecule has 0 unspecified atom stereocenters. The predicted octanol–water partition coefficient (Wildman–Crippen LogP) is 8.43. The number of thiophene rings is 1. The number of hydrogen-bond donors (Lipinski definition) is 0. The monoisotopic (exact) mass is 735 g/mol. The number of carbonyl (C=O) groups excluding carboxylic acids is 1. The molecule has 0 atom stereocenters. The van der Waals surface area contributed by atoms with Crippen LogP contribution in [-0.2, 0) is 11.3 Å². The molecule has 9 nitrogen and oxygen atoms in total. The normalized spacial score (nSPS) is 13.8. The molecule has 1 saturated heterocycles. The smallest absolute Gasteiger partial charge is 0.348 e. The molecule has 7 aromatic rings. The van der Waals surface area contributed by atoms with Gasteiger partial charge in [-0.3, -0.25) is 4.90 Å². The minimum absolute atomic E-state index is 0.314. The number of benzene rings is 3. The van der Waals surface area contributed by atoms with E-state index < -0.39 is 0 Å². The fourth-order valence-corrected chi connectivity index (χ4v) is 8.23. The summed E-state index contributed by atoms with van der Waals surface area (Å²) in [5.74, 6) is 0.702. The molecule has 1 aliphatic rings. The van der Waals surface area contributed by atoms with E-state index in [4.69, 9.17) is 38.0 Å². The molecule has 1 aliphatic heterocycles. The molecule has 3 aromatic carbocycles. The lowest BCUT2D eigenvalue weighted by Crippen LogP contribution is -2.48. The van der Waals surface area contributed by atoms with Crippen LogP contribution in [0, 0.1) is 13.8 Å². The van der Waals surface area contributed by atoms with E-state index in [1.165, 1.54) is 11.3 Å². The quantitative estimate of drug-likeness (QED) is 0.138. The van der Waals surface area contributed by atoms with Crippen LogP contribution in [-0.4, -0.2) is 74.6 Å². The van der Waals surface area contributed by atoms with Crippen molar-refractivity contribution < 1.29 is 9.53 Å². The molecule has 0 aliphatic carbocycles. The lowest BCUT2D eigenvalue weighted by molar-refractivity contribution is 0.0464. The summed E-state index contributed by atoms with van der Waals surface area (Å²) >= 11 is 13.9. The van der Waals surface area contributed by atoms with Crippen molar-refractivity contribution in [2.75, 3.05) is 44.2 Å². The van der Waals surface area contributed by atoms with Gasteiger partial charge < -0.3 is 9.64 Å². The number of aromatic nitrogens is 5. The number of hydrogen-bond acceptors (Lipinski definition) is 8. The largest absolute Gasteiger partial charge is 0.460 e. The molecule has 0 amide bonds. The van der Waals surface area contributed by atoms with Crippen LogP contribution in [0.2, 0.25) is 10.0 Å². The third-order valence-corrected chi connectivity index (χ3v) is 11.1. The summed E-state index contributed by atoms with van der Waals surface area (Å²) in [6.45, 7) is 8.73. The molecular weight excluding hydrogens is 701 g/mol. The molecule has 258 valence electrons. The molecule has 4 aromatic heterocycles. The van der Waals surface area contributed by atoms with Crippen molar-refractivity contribution in [1.29, 1.82) is 0 Å². The maximum absolute atomic E-state index is 13.1. The standard InChI is InChI=1S/C39H35Cl2N7O2S/c1-25-31-22-34(51-38(31)47(43-25)24-29-13-14-30(40)21-32(29)41)39(49)50-20-19-45-15-17-46(18-16-45)35-23-33(27-9-5-3-6-10-27)42-37-36(26(2)44-48(35)37)28-11-7-4-8-12-28/h3-14,21-23H,15-20,24H2,1-2H3. The first-order chi connectivity index (χ1) is 24.8. The Morgan fingerprint density at radius 3 is 2.29 bits per heavy atom. The highest BCUT2D eigenvalue weighted by Gasteiger charge is 2.24. The molecular formula is C39H35Cl2N7O2S. The number of fused-ring (bicyclic) bond motifs is 2. The minimum atomic E-state index is -0.318. The third-order valence-electron chi connectivity index (χ3n) is 9.36. The number of halogens is 2. The molecule has 0 saturated carbocycles. The van der Waals surface area contributed by atoms with Gasteiger partial charge in [0.25, 0.3) is 0 Å². The lowest BCUT2D eigenvalue weighted by atomic mass is 10.1. The zero-order valence-corrected chi connectivity index (χ0v) is 30.5. The van der Waals surface area contributed by atoms with E-state index in [2.05, 4.69) is 45.2 Å². The fourth-order valence-electron chi connectivity index (χ4n) is 6.70. The Morgan fingerprint density at radius 1 is 0.843 bits per heavy atom. The Morgan fingerprint density at radius 2 is 1.57 bits per heavy atom. The Labute approximate surface area is 309 Å². The average molecular weight is 737 g/mol. The van der Waals surface area contributed by atoms with E-state index in [1.807, 2.05) is 77.6 Å². The van der Waals surface area contributed by atoms with Gasteiger partial charge >= 0.3 is 5.97 Å². The van der Waals surface area contributed by atoms with Crippen molar-refractivity contribution in [2.45, 2.75) is 20.4 Å². The van der Waals surface area contributed by atoms with Gasteiger partial charge in [0.2, 0.25) is 0 Å². The van der Waals surface area contributed by atoms with Crippen LogP contribution in [0.5, 0.6) is 0 Å². The molecule has 0 bridgehead atoms. The van der Waals surface area contributed by atoms with Gasteiger partial charge in [-0.1, -0.05) is 89.9 Å².